The van der Waals surface area contributed by atoms with Gasteiger partial charge in [-0.15, -0.1) is 0 Å². The molecule has 1 aliphatic carbocycles. The Bertz CT molecular complexity index is 241. The van der Waals surface area contributed by atoms with Gasteiger partial charge in [-0.3, -0.25) is 5.32 Å². The van der Waals surface area contributed by atoms with E-state index >= 15 is 0 Å². The van der Waals surface area contributed by atoms with E-state index in [1.54, 1.807) is 0 Å². The molecule has 3 nitrogen and oxygen atoms in total. The van der Waals surface area contributed by atoms with Crippen LogP contribution in [0.4, 0.5) is 0 Å². The summed E-state index contributed by atoms with van der Waals surface area (Å²) in [7, 11) is 0. The normalized spacial score (nSPS) is 20.9. The number of hydrogen-bond donors (Lipinski definition) is 1. The van der Waals surface area contributed by atoms with E-state index in [9.17, 15) is 0 Å². The fourth-order valence-electron chi connectivity index (χ4n) is 2.28. The van der Waals surface area contributed by atoms with Crippen LogP contribution < -0.4 is 5.32 Å². The molecule has 0 aromatic heterocycles. The van der Waals surface area contributed by atoms with Crippen LogP contribution in [0.2, 0.25) is 0 Å². The Morgan fingerprint density at radius 2 is 2.06 bits per heavy atom. The third-order valence-electron chi connectivity index (χ3n) is 3.11. The van der Waals surface area contributed by atoms with Crippen molar-refractivity contribution in [3.05, 3.63) is 0 Å². The molecule has 1 atom stereocenters. The van der Waals surface area contributed by atoms with E-state index in [0.29, 0.717) is 18.8 Å². The zero-order chi connectivity index (χ0) is 12.0. The highest BCUT2D eigenvalue weighted by molar-refractivity contribution is 5.04. The molecule has 1 N–H and O–H groups in total. The van der Waals surface area contributed by atoms with Crippen molar-refractivity contribution in [2.75, 3.05) is 6.61 Å². The van der Waals surface area contributed by atoms with Crippen LogP contribution in [-0.4, -0.2) is 24.3 Å². The van der Waals surface area contributed by atoms with Gasteiger partial charge in [0.25, 0.3) is 0 Å². The summed E-state index contributed by atoms with van der Waals surface area (Å²) >= 11 is 0. The fourth-order valence-corrected chi connectivity index (χ4v) is 2.28. The maximum Gasteiger partial charge on any atom is 0.106 e. The van der Waals surface area contributed by atoms with Crippen molar-refractivity contribution >= 4 is 0 Å². The number of hydrogen-bond acceptors (Lipinski definition) is 3. The highest BCUT2D eigenvalue weighted by Gasteiger charge is 2.25. The molecule has 1 unspecified atom stereocenters. The predicted octanol–water partition coefficient (Wildman–Crippen LogP) is 2.62. The van der Waals surface area contributed by atoms with Crippen LogP contribution in [0.15, 0.2) is 0 Å². The van der Waals surface area contributed by atoms with Crippen LogP contribution in [-0.2, 0) is 4.74 Å². The summed E-state index contributed by atoms with van der Waals surface area (Å²) in [4.78, 5) is 0. The van der Waals surface area contributed by atoms with E-state index in [1.807, 2.05) is 6.92 Å². The van der Waals surface area contributed by atoms with E-state index in [1.165, 1.54) is 25.7 Å². The minimum Gasteiger partial charge on any atom is -0.378 e. The Balaban J connectivity index is 2.25. The van der Waals surface area contributed by atoms with Crippen LogP contribution in [0.1, 0.15) is 52.9 Å². The van der Waals surface area contributed by atoms with Gasteiger partial charge in [-0.1, -0.05) is 12.8 Å². The highest BCUT2D eigenvalue weighted by atomic mass is 16.5. The first kappa shape index (κ1) is 13.5. The molecule has 0 aromatic rings. The first-order valence-corrected chi connectivity index (χ1v) is 6.36. The molecular formula is C13H24N2O. The molecule has 92 valence electrons. The Morgan fingerprint density at radius 1 is 1.44 bits per heavy atom. The number of ether oxygens (including phenoxy) is 1. The molecule has 1 fully saturated rings. The van der Waals surface area contributed by atoms with Crippen molar-refractivity contribution < 1.29 is 4.74 Å². The molecule has 0 heterocycles. The third kappa shape index (κ3) is 4.51. The average molecular weight is 224 g/mol. The molecule has 0 radical (unpaired) electrons. The fraction of sp³-hybridized carbons (Fsp3) is 0.923. The molecule has 0 saturated heterocycles. The van der Waals surface area contributed by atoms with Gasteiger partial charge in [0, 0.05) is 19.1 Å². The first-order valence-electron chi connectivity index (χ1n) is 6.36. The van der Waals surface area contributed by atoms with Crippen LogP contribution in [0.25, 0.3) is 0 Å². The lowest BCUT2D eigenvalue weighted by molar-refractivity contribution is 0.0480. The predicted molar refractivity (Wildman–Crippen MR) is 65.1 cm³/mol. The topological polar surface area (TPSA) is 45.0 Å². The van der Waals surface area contributed by atoms with E-state index in [2.05, 4.69) is 25.2 Å². The van der Waals surface area contributed by atoms with Crippen molar-refractivity contribution in [3.63, 3.8) is 0 Å². The summed E-state index contributed by atoms with van der Waals surface area (Å²) in [6.07, 6.45) is 6.19. The van der Waals surface area contributed by atoms with E-state index in [0.717, 1.165) is 6.42 Å². The van der Waals surface area contributed by atoms with Gasteiger partial charge in [0.05, 0.1) is 12.2 Å². The van der Waals surface area contributed by atoms with Crippen LogP contribution in [0.5, 0.6) is 0 Å². The standard InChI is InChI=1S/C13H24N2O/c1-11(2)15-13(3,10-14)8-9-16-12-6-4-5-7-12/h11-12,15H,4-9H2,1-3H3. The van der Waals surface area contributed by atoms with E-state index in [4.69, 9.17) is 10.00 Å². The second-order valence-corrected chi connectivity index (χ2v) is 5.27. The summed E-state index contributed by atoms with van der Waals surface area (Å²) < 4.78 is 5.79. The first-order chi connectivity index (χ1) is 7.56. The van der Waals surface area contributed by atoms with Crippen molar-refractivity contribution in [1.82, 2.24) is 5.32 Å². The molecule has 0 aliphatic heterocycles. The monoisotopic (exact) mass is 224 g/mol. The Labute approximate surface area is 99.2 Å². The van der Waals surface area contributed by atoms with Crippen molar-refractivity contribution in [2.45, 2.75) is 70.6 Å². The van der Waals surface area contributed by atoms with Gasteiger partial charge in [-0.2, -0.15) is 5.26 Å². The van der Waals surface area contributed by atoms with Crippen molar-refractivity contribution in [1.29, 1.82) is 5.26 Å². The minimum absolute atomic E-state index is 0.330. The number of nitriles is 1. The summed E-state index contributed by atoms with van der Waals surface area (Å²) in [5.74, 6) is 0. The van der Waals surface area contributed by atoms with E-state index in [-0.39, 0.29) is 0 Å². The maximum absolute atomic E-state index is 9.16. The highest BCUT2D eigenvalue weighted by Crippen LogP contribution is 2.21. The van der Waals surface area contributed by atoms with E-state index < -0.39 is 5.54 Å². The van der Waals surface area contributed by atoms with Crippen LogP contribution in [0.3, 0.4) is 0 Å². The molecule has 0 amide bonds. The smallest absolute Gasteiger partial charge is 0.106 e. The number of rotatable bonds is 6. The molecule has 16 heavy (non-hydrogen) atoms. The van der Waals surface area contributed by atoms with Gasteiger partial charge in [0.15, 0.2) is 0 Å². The molecule has 0 bridgehead atoms. The lowest BCUT2D eigenvalue weighted by Gasteiger charge is -2.26. The average Bonchev–Trinajstić information content (AvgIpc) is 2.69. The Morgan fingerprint density at radius 3 is 2.56 bits per heavy atom. The summed E-state index contributed by atoms with van der Waals surface area (Å²) in [5.41, 5.74) is -0.452. The van der Waals surface area contributed by atoms with Gasteiger partial charge < -0.3 is 4.74 Å². The molecule has 1 aliphatic rings. The van der Waals surface area contributed by atoms with Crippen LogP contribution >= 0.6 is 0 Å². The molecule has 3 heteroatoms. The molecule has 0 aromatic carbocycles. The number of nitrogens with one attached hydrogen (secondary N) is 1. The quantitative estimate of drug-likeness (QED) is 0.754. The summed E-state index contributed by atoms with van der Waals surface area (Å²) in [6, 6.07) is 2.67. The lowest BCUT2D eigenvalue weighted by Crippen LogP contribution is -2.45. The molecular weight excluding hydrogens is 200 g/mol. The SMILES string of the molecule is CC(C)NC(C)(C#N)CCOC1CCCC1. The molecule has 0 spiro atoms. The maximum atomic E-state index is 9.16. The largest absolute Gasteiger partial charge is 0.378 e. The molecule has 1 rings (SSSR count). The van der Waals surface area contributed by atoms with Crippen molar-refractivity contribution in [3.8, 4) is 6.07 Å². The Kier molecular flexibility index (Phi) is 5.24. The number of nitrogens with zero attached hydrogens (tertiary/aromatic N) is 1. The van der Waals surface area contributed by atoms with Crippen LogP contribution in [0, 0.1) is 11.3 Å². The zero-order valence-electron chi connectivity index (χ0n) is 10.8. The lowest BCUT2D eigenvalue weighted by atomic mass is 9.99. The second kappa shape index (κ2) is 6.22. The second-order valence-electron chi connectivity index (χ2n) is 5.27. The Hall–Kier alpha value is -0.590. The van der Waals surface area contributed by atoms with Gasteiger partial charge in [0.1, 0.15) is 5.54 Å². The van der Waals surface area contributed by atoms with Gasteiger partial charge in [0.2, 0.25) is 0 Å². The van der Waals surface area contributed by atoms with Gasteiger partial charge >= 0.3 is 0 Å². The molecule has 1 saturated carbocycles. The summed E-state index contributed by atoms with van der Waals surface area (Å²) in [5, 5.41) is 12.4. The van der Waals surface area contributed by atoms with Crippen molar-refractivity contribution in [2.24, 2.45) is 0 Å². The third-order valence-corrected chi connectivity index (χ3v) is 3.11. The zero-order valence-corrected chi connectivity index (χ0v) is 10.8. The van der Waals surface area contributed by atoms with Gasteiger partial charge in [-0.25, -0.2) is 0 Å². The van der Waals surface area contributed by atoms with Gasteiger partial charge in [-0.05, 0) is 33.6 Å². The summed E-state index contributed by atoms with van der Waals surface area (Å²) in [6.45, 7) is 6.76. The minimum atomic E-state index is -0.452.